The van der Waals surface area contributed by atoms with E-state index in [4.69, 9.17) is 9.47 Å². The van der Waals surface area contributed by atoms with Gasteiger partial charge in [0.15, 0.2) is 6.29 Å². The van der Waals surface area contributed by atoms with Crippen LogP contribution in [0.25, 0.3) is 0 Å². The standard InChI is InChI=1S/C15H21NO5/c1-14(2,3)12-6-4-11(5-7-12)13-20-9-15(8-17,10-21-13)16(18)19/h4-7,13,17H,8-10H2,1-3H3. The SMILES string of the molecule is CC(C)(C)c1ccc(C2OCC(CO)([N+](=O)[O-])CO2)cc1. The fourth-order valence-corrected chi connectivity index (χ4v) is 2.14. The molecule has 0 unspecified atom stereocenters. The van der Waals surface area contributed by atoms with Crippen molar-refractivity contribution in [1.82, 2.24) is 0 Å². The van der Waals surface area contributed by atoms with Gasteiger partial charge in [0, 0.05) is 10.5 Å². The molecule has 0 bridgehead atoms. The third-order valence-electron chi connectivity index (χ3n) is 3.74. The fraction of sp³-hybridized carbons (Fsp3) is 0.600. The highest BCUT2D eigenvalue weighted by Gasteiger charge is 2.48. The van der Waals surface area contributed by atoms with Gasteiger partial charge in [-0.1, -0.05) is 45.0 Å². The maximum Gasteiger partial charge on any atom is 0.290 e. The van der Waals surface area contributed by atoms with E-state index in [0.717, 1.165) is 5.56 Å². The molecule has 0 aromatic heterocycles. The quantitative estimate of drug-likeness (QED) is 0.681. The van der Waals surface area contributed by atoms with Gasteiger partial charge in [-0.05, 0) is 11.0 Å². The minimum absolute atomic E-state index is 0.0600. The zero-order chi connectivity index (χ0) is 15.7. The summed E-state index contributed by atoms with van der Waals surface area (Å²) >= 11 is 0. The van der Waals surface area contributed by atoms with Crippen LogP contribution in [0.1, 0.15) is 38.2 Å². The van der Waals surface area contributed by atoms with Gasteiger partial charge in [-0.3, -0.25) is 10.1 Å². The molecule has 1 aliphatic rings. The molecule has 0 radical (unpaired) electrons. The van der Waals surface area contributed by atoms with Crippen LogP contribution < -0.4 is 0 Å². The monoisotopic (exact) mass is 295 g/mol. The molecular weight excluding hydrogens is 274 g/mol. The first-order valence-corrected chi connectivity index (χ1v) is 6.87. The van der Waals surface area contributed by atoms with E-state index in [1.165, 1.54) is 5.56 Å². The number of rotatable bonds is 3. The van der Waals surface area contributed by atoms with Crippen LogP contribution in [0.15, 0.2) is 24.3 Å². The second-order valence-corrected chi connectivity index (χ2v) is 6.47. The predicted octanol–water partition coefficient (Wildman–Crippen LogP) is 2.04. The molecular formula is C15H21NO5. The lowest BCUT2D eigenvalue weighted by Gasteiger charge is -2.32. The second-order valence-electron chi connectivity index (χ2n) is 6.47. The normalized spacial score (nSPS) is 26.6. The van der Waals surface area contributed by atoms with Crippen molar-refractivity contribution in [2.75, 3.05) is 19.8 Å². The summed E-state index contributed by atoms with van der Waals surface area (Å²) in [7, 11) is 0. The Balaban J connectivity index is 2.07. The van der Waals surface area contributed by atoms with Gasteiger partial charge in [0.25, 0.3) is 5.54 Å². The average molecular weight is 295 g/mol. The first kappa shape index (κ1) is 15.9. The number of hydrogen-bond acceptors (Lipinski definition) is 5. The maximum absolute atomic E-state index is 11.0. The third kappa shape index (κ3) is 3.23. The number of hydrogen-bond donors (Lipinski definition) is 1. The van der Waals surface area contributed by atoms with Crippen molar-refractivity contribution in [1.29, 1.82) is 0 Å². The Labute approximate surface area is 123 Å². The molecule has 1 aliphatic heterocycles. The molecule has 21 heavy (non-hydrogen) atoms. The summed E-state index contributed by atoms with van der Waals surface area (Å²) in [4.78, 5) is 10.5. The molecule has 0 saturated carbocycles. The molecule has 0 atom stereocenters. The van der Waals surface area contributed by atoms with Gasteiger partial charge in [-0.25, -0.2) is 0 Å². The number of nitro groups is 1. The molecule has 1 fully saturated rings. The van der Waals surface area contributed by atoms with Gasteiger partial charge in [0.2, 0.25) is 0 Å². The number of aliphatic hydroxyl groups excluding tert-OH is 1. The Morgan fingerprint density at radius 2 is 1.81 bits per heavy atom. The lowest BCUT2D eigenvalue weighted by atomic mass is 9.86. The zero-order valence-electron chi connectivity index (χ0n) is 12.5. The molecule has 1 saturated heterocycles. The maximum atomic E-state index is 11.0. The molecule has 2 rings (SSSR count). The van der Waals surface area contributed by atoms with Gasteiger partial charge in [-0.15, -0.1) is 0 Å². The van der Waals surface area contributed by atoms with Crippen LogP contribution >= 0.6 is 0 Å². The third-order valence-corrected chi connectivity index (χ3v) is 3.74. The Bertz CT molecular complexity index is 498. The topological polar surface area (TPSA) is 81.8 Å². The van der Waals surface area contributed by atoms with Gasteiger partial charge in [0.1, 0.15) is 19.8 Å². The van der Waals surface area contributed by atoms with Crippen LogP contribution in [0.5, 0.6) is 0 Å². The molecule has 1 aromatic rings. The van der Waals surface area contributed by atoms with Crippen LogP contribution in [-0.2, 0) is 14.9 Å². The number of nitrogens with zero attached hydrogens (tertiary/aromatic N) is 1. The summed E-state index contributed by atoms with van der Waals surface area (Å²) in [5, 5.41) is 20.2. The van der Waals surface area contributed by atoms with Crippen molar-refractivity contribution in [3.05, 3.63) is 45.5 Å². The smallest absolute Gasteiger partial charge is 0.290 e. The summed E-state index contributed by atoms with van der Waals surface area (Å²) < 4.78 is 10.9. The highest BCUT2D eigenvalue weighted by atomic mass is 16.7. The van der Waals surface area contributed by atoms with Crippen molar-refractivity contribution < 1.29 is 19.5 Å². The molecule has 6 nitrogen and oxygen atoms in total. The van der Waals surface area contributed by atoms with Gasteiger partial charge in [0.05, 0.1) is 0 Å². The number of benzene rings is 1. The molecule has 0 amide bonds. The fourth-order valence-electron chi connectivity index (χ4n) is 2.14. The lowest BCUT2D eigenvalue weighted by molar-refractivity contribution is -0.595. The van der Waals surface area contributed by atoms with Crippen LogP contribution in [-0.4, -0.2) is 35.4 Å². The molecule has 1 N–H and O–H groups in total. The molecule has 6 heteroatoms. The lowest BCUT2D eigenvalue weighted by Crippen LogP contribution is -2.54. The van der Waals surface area contributed by atoms with Crippen LogP contribution in [0, 0.1) is 10.1 Å². The summed E-state index contributed by atoms with van der Waals surface area (Å²) in [6.45, 7) is 5.45. The first-order valence-electron chi connectivity index (χ1n) is 6.87. The van der Waals surface area contributed by atoms with Gasteiger partial charge < -0.3 is 14.6 Å². The van der Waals surface area contributed by atoms with E-state index in [-0.39, 0.29) is 18.6 Å². The molecule has 1 aromatic carbocycles. The molecule has 0 aliphatic carbocycles. The van der Waals surface area contributed by atoms with Crippen molar-refractivity contribution in [3.8, 4) is 0 Å². The van der Waals surface area contributed by atoms with Crippen molar-refractivity contribution in [3.63, 3.8) is 0 Å². The summed E-state index contributed by atoms with van der Waals surface area (Å²) in [5.74, 6) is 0. The Morgan fingerprint density at radius 1 is 1.29 bits per heavy atom. The summed E-state index contributed by atoms with van der Waals surface area (Å²) in [6, 6.07) is 7.82. The molecule has 116 valence electrons. The number of ether oxygens (including phenoxy) is 2. The minimum atomic E-state index is -1.55. The van der Waals surface area contributed by atoms with E-state index in [0.29, 0.717) is 0 Å². The number of aliphatic hydroxyl groups is 1. The van der Waals surface area contributed by atoms with E-state index >= 15 is 0 Å². The second kappa shape index (κ2) is 5.71. The van der Waals surface area contributed by atoms with Crippen LogP contribution in [0.3, 0.4) is 0 Å². The first-order chi connectivity index (χ1) is 9.78. The molecule has 0 spiro atoms. The average Bonchev–Trinajstić information content (AvgIpc) is 2.46. The molecule has 1 heterocycles. The van der Waals surface area contributed by atoms with E-state index in [2.05, 4.69) is 20.8 Å². The highest BCUT2D eigenvalue weighted by molar-refractivity contribution is 5.28. The van der Waals surface area contributed by atoms with Crippen molar-refractivity contribution >= 4 is 0 Å². The van der Waals surface area contributed by atoms with Gasteiger partial charge in [-0.2, -0.15) is 0 Å². The van der Waals surface area contributed by atoms with E-state index in [9.17, 15) is 15.2 Å². The van der Waals surface area contributed by atoms with Crippen LogP contribution in [0.4, 0.5) is 0 Å². The van der Waals surface area contributed by atoms with Crippen molar-refractivity contribution in [2.45, 2.75) is 38.0 Å². The van der Waals surface area contributed by atoms with Crippen molar-refractivity contribution in [2.24, 2.45) is 0 Å². The van der Waals surface area contributed by atoms with E-state index in [1.807, 2.05) is 24.3 Å². The Kier molecular flexibility index (Phi) is 4.32. The Hall–Kier alpha value is -1.50. The van der Waals surface area contributed by atoms with Gasteiger partial charge >= 0.3 is 0 Å². The van der Waals surface area contributed by atoms with Crippen LogP contribution in [0.2, 0.25) is 0 Å². The Morgan fingerprint density at radius 3 is 2.19 bits per heavy atom. The predicted molar refractivity (Wildman–Crippen MR) is 76.6 cm³/mol. The largest absolute Gasteiger partial charge is 0.389 e. The zero-order valence-corrected chi connectivity index (χ0v) is 12.5. The summed E-state index contributed by atoms with van der Waals surface area (Å²) in [6.07, 6.45) is -0.626. The highest BCUT2D eigenvalue weighted by Crippen LogP contribution is 2.30. The van der Waals surface area contributed by atoms with E-state index in [1.54, 1.807) is 0 Å². The van der Waals surface area contributed by atoms with E-state index < -0.39 is 23.4 Å². The summed E-state index contributed by atoms with van der Waals surface area (Å²) in [5.41, 5.74) is 0.515. The minimum Gasteiger partial charge on any atom is -0.389 e.